The quantitative estimate of drug-likeness (QED) is 0.408. The lowest BCUT2D eigenvalue weighted by Crippen LogP contribution is -2.28. The minimum absolute atomic E-state index is 0.0367. The highest BCUT2D eigenvalue weighted by atomic mass is 16.5. The molecule has 0 radical (unpaired) electrons. The summed E-state index contributed by atoms with van der Waals surface area (Å²) in [5, 5.41) is 19.1. The van der Waals surface area contributed by atoms with Gasteiger partial charge in [-0.25, -0.2) is 14.8 Å². The molecule has 1 aliphatic heterocycles. The van der Waals surface area contributed by atoms with E-state index in [1.807, 2.05) is 65.6 Å². The summed E-state index contributed by atoms with van der Waals surface area (Å²) in [6.45, 7) is 0.938. The van der Waals surface area contributed by atoms with Crippen LogP contribution in [0.1, 0.15) is 23.8 Å². The second-order valence-electron chi connectivity index (χ2n) is 7.58. The van der Waals surface area contributed by atoms with Crippen LogP contribution in [0.3, 0.4) is 0 Å². The lowest BCUT2D eigenvalue weighted by atomic mass is 10.2. The van der Waals surface area contributed by atoms with Gasteiger partial charge in [-0.05, 0) is 11.1 Å². The summed E-state index contributed by atoms with van der Waals surface area (Å²) in [5.74, 6) is 0.0367. The van der Waals surface area contributed by atoms with E-state index in [1.165, 1.54) is 10.9 Å². The molecule has 0 unspecified atom stereocenters. The first kappa shape index (κ1) is 21.8. The normalized spacial score (nSPS) is 20.6. The topological polar surface area (TPSA) is 113 Å². The van der Waals surface area contributed by atoms with Gasteiger partial charge in [0, 0.05) is 19.5 Å². The zero-order chi connectivity index (χ0) is 22.3. The van der Waals surface area contributed by atoms with Gasteiger partial charge in [-0.15, -0.1) is 0 Å². The van der Waals surface area contributed by atoms with Crippen LogP contribution in [0.15, 0.2) is 76.8 Å². The third-order valence-corrected chi connectivity index (χ3v) is 5.20. The van der Waals surface area contributed by atoms with Crippen molar-refractivity contribution in [2.45, 2.75) is 37.9 Å². The Kier molecular flexibility index (Phi) is 7.00. The third-order valence-electron chi connectivity index (χ3n) is 5.20. The van der Waals surface area contributed by atoms with Crippen molar-refractivity contribution in [2.75, 3.05) is 6.61 Å². The fraction of sp³-hybridized carbons (Fsp3) is 0.304. The molecule has 4 rings (SSSR count). The molecule has 3 aromatic rings. The molecule has 0 aliphatic carbocycles. The maximum Gasteiger partial charge on any atom is 0.354 e. The Labute approximate surface area is 185 Å². The maximum atomic E-state index is 12.5. The van der Waals surface area contributed by atoms with Gasteiger partial charge < -0.3 is 19.8 Å². The van der Waals surface area contributed by atoms with E-state index in [2.05, 4.69) is 15.0 Å². The molecule has 166 valence electrons. The van der Waals surface area contributed by atoms with E-state index in [1.54, 1.807) is 6.34 Å². The van der Waals surface area contributed by atoms with Gasteiger partial charge >= 0.3 is 5.69 Å². The first-order valence-corrected chi connectivity index (χ1v) is 10.4. The molecule has 0 saturated carbocycles. The van der Waals surface area contributed by atoms with Crippen LogP contribution in [0.25, 0.3) is 0 Å². The predicted molar refractivity (Wildman–Crippen MR) is 118 cm³/mol. The summed E-state index contributed by atoms with van der Waals surface area (Å²) in [6.07, 6.45) is 0.821. The Morgan fingerprint density at radius 3 is 2.25 bits per heavy atom. The van der Waals surface area contributed by atoms with Crippen LogP contribution >= 0.6 is 0 Å². The van der Waals surface area contributed by atoms with Crippen LogP contribution in [0.4, 0.5) is 5.95 Å². The molecule has 1 aliphatic rings. The Morgan fingerprint density at radius 2 is 1.72 bits per heavy atom. The van der Waals surface area contributed by atoms with Crippen LogP contribution in [-0.4, -0.2) is 54.8 Å². The van der Waals surface area contributed by atoms with Crippen molar-refractivity contribution in [3.05, 3.63) is 88.6 Å². The summed E-state index contributed by atoms with van der Waals surface area (Å²) in [5.41, 5.74) is 1.67. The molecule has 0 bridgehead atoms. The number of rotatable bonds is 8. The largest absolute Gasteiger partial charge is 0.394 e. The minimum atomic E-state index is -0.848. The fourth-order valence-electron chi connectivity index (χ4n) is 3.55. The number of aliphatic hydroxyl groups is 2. The Balaban J connectivity index is 1.50. The molecule has 3 atom stereocenters. The average molecular weight is 435 g/mol. The van der Waals surface area contributed by atoms with Gasteiger partial charge in [-0.1, -0.05) is 60.7 Å². The SMILES string of the molecule is O=c1nc(N=CN(Cc2ccccc2)Cc2ccccc2)ncn1[C@H]1C[C@H](O)[C@@H](CO)O1. The number of nitrogens with zero attached hydrogens (tertiary/aromatic N) is 5. The average Bonchev–Trinajstić information content (AvgIpc) is 3.19. The highest BCUT2D eigenvalue weighted by Crippen LogP contribution is 2.27. The molecule has 2 heterocycles. The zero-order valence-corrected chi connectivity index (χ0v) is 17.4. The van der Waals surface area contributed by atoms with Crippen LogP contribution < -0.4 is 5.69 Å². The van der Waals surface area contributed by atoms with E-state index in [-0.39, 0.29) is 19.0 Å². The van der Waals surface area contributed by atoms with Crippen LogP contribution in [0.2, 0.25) is 0 Å². The first-order chi connectivity index (χ1) is 15.6. The zero-order valence-electron chi connectivity index (χ0n) is 17.4. The summed E-state index contributed by atoms with van der Waals surface area (Å²) in [4.78, 5) is 26.9. The van der Waals surface area contributed by atoms with E-state index < -0.39 is 24.1 Å². The van der Waals surface area contributed by atoms with E-state index >= 15 is 0 Å². The highest BCUT2D eigenvalue weighted by molar-refractivity contribution is 5.58. The molecule has 0 spiro atoms. The summed E-state index contributed by atoms with van der Waals surface area (Å²) < 4.78 is 6.69. The molecule has 9 nitrogen and oxygen atoms in total. The molecule has 1 aromatic heterocycles. The third kappa shape index (κ3) is 5.44. The monoisotopic (exact) mass is 435 g/mol. The summed E-state index contributed by atoms with van der Waals surface area (Å²) in [6, 6.07) is 20.0. The van der Waals surface area contributed by atoms with Crippen molar-refractivity contribution in [3.8, 4) is 0 Å². The van der Waals surface area contributed by atoms with Crippen LogP contribution in [0, 0.1) is 0 Å². The van der Waals surface area contributed by atoms with Gasteiger partial charge in [-0.2, -0.15) is 4.98 Å². The molecule has 0 amide bonds. The number of ether oxygens (including phenoxy) is 1. The molecular formula is C23H25N5O4. The van der Waals surface area contributed by atoms with Crippen molar-refractivity contribution in [1.29, 1.82) is 0 Å². The van der Waals surface area contributed by atoms with E-state index in [4.69, 9.17) is 4.74 Å². The van der Waals surface area contributed by atoms with Gasteiger partial charge in [-0.3, -0.25) is 4.57 Å². The highest BCUT2D eigenvalue weighted by Gasteiger charge is 2.35. The smallest absolute Gasteiger partial charge is 0.354 e. The molecule has 2 aromatic carbocycles. The molecule has 9 heteroatoms. The minimum Gasteiger partial charge on any atom is -0.394 e. The number of benzene rings is 2. The van der Waals surface area contributed by atoms with E-state index in [9.17, 15) is 15.0 Å². The van der Waals surface area contributed by atoms with Crippen molar-refractivity contribution >= 4 is 12.3 Å². The standard InChI is InChI=1S/C23H25N5O4/c29-14-20-19(30)11-21(32-20)28-16-25-22(26-23(28)31)24-15-27(12-17-7-3-1-4-8-17)13-18-9-5-2-6-10-18/h1-10,15-16,19-21,29-30H,11-14H2/t19-,20+,21+/m0/s1. The lowest BCUT2D eigenvalue weighted by Gasteiger charge is -2.19. The summed E-state index contributed by atoms with van der Waals surface area (Å²) >= 11 is 0. The van der Waals surface area contributed by atoms with Crippen LogP contribution in [-0.2, 0) is 17.8 Å². The number of hydrogen-bond donors (Lipinski definition) is 2. The number of aliphatic hydroxyl groups excluding tert-OH is 2. The maximum absolute atomic E-state index is 12.5. The van der Waals surface area contributed by atoms with Crippen molar-refractivity contribution in [2.24, 2.45) is 4.99 Å². The fourth-order valence-corrected chi connectivity index (χ4v) is 3.55. The van der Waals surface area contributed by atoms with Crippen molar-refractivity contribution in [1.82, 2.24) is 19.4 Å². The van der Waals surface area contributed by atoms with Crippen molar-refractivity contribution in [3.63, 3.8) is 0 Å². The second kappa shape index (κ2) is 10.3. The first-order valence-electron chi connectivity index (χ1n) is 10.4. The Hall–Kier alpha value is -3.40. The van der Waals surface area contributed by atoms with Gasteiger partial charge in [0.15, 0.2) is 0 Å². The number of aliphatic imine (C=N–C) groups is 1. The van der Waals surface area contributed by atoms with Gasteiger partial charge in [0.1, 0.15) is 18.7 Å². The summed E-state index contributed by atoms with van der Waals surface area (Å²) in [7, 11) is 0. The molecule has 1 saturated heterocycles. The molecule has 32 heavy (non-hydrogen) atoms. The molecular weight excluding hydrogens is 410 g/mol. The predicted octanol–water partition coefficient (Wildman–Crippen LogP) is 1.64. The molecule has 2 N–H and O–H groups in total. The Bertz CT molecular complexity index is 1050. The van der Waals surface area contributed by atoms with Gasteiger partial charge in [0.2, 0.25) is 0 Å². The molecule has 1 fully saturated rings. The lowest BCUT2D eigenvalue weighted by molar-refractivity contribution is -0.0462. The number of aromatic nitrogens is 3. The van der Waals surface area contributed by atoms with Crippen LogP contribution in [0.5, 0.6) is 0 Å². The van der Waals surface area contributed by atoms with E-state index in [0.717, 1.165) is 11.1 Å². The van der Waals surface area contributed by atoms with Crippen molar-refractivity contribution < 1.29 is 14.9 Å². The number of hydrogen-bond acceptors (Lipinski definition) is 7. The van der Waals surface area contributed by atoms with Gasteiger partial charge in [0.05, 0.1) is 19.0 Å². The second-order valence-corrected chi connectivity index (χ2v) is 7.58. The van der Waals surface area contributed by atoms with Gasteiger partial charge in [0.25, 0.3) is 5.95 Å². The van der Waals surface area contributed by atoms with E-state index in [0.29, 0.717) is 13.1 Å². The Morgan fingerprint density at radius 1 is 1.09 bits per heavy atom.